The van der Waals surface area contributed by atoms with Crippen LogP contribution in [-0.2, 0) is 0 Å². The lowest BCUT2D eigenvalue weighted by Crippen LogP contribution is -1.87. The van der Waals surface area contributed by atoms with Crippen LogP contribution in [0.5, 0.6) is 5.75 Å². The summed E-state index contributed by atoms with van der Waals surface area (Å²) in [5, 5.41) is 11.0. The average molecular weight is 193 g/mol. The Labute approximate surface area is 79.1 Å². The van der Waals surface area contributed by atoms with Crippen LogP contribution in [0.15, 0.2) is 23.7 Å². The standard InChI is InChI=1S/C8H7N3OS/c1-13-8-5-2-9-4-11-7(5)6(12)3-10-8/h2-4,12H,1H3. The lowest BCUT2D eigenvalue weighted by atomic mass is 10.3. The first-order chi connectivity index (χ1) is 6.33. The molecule has 0 radical (unpaired) electrons. The number of nitrogens with zero attached hydrogens (tertiary/aromatic N) is 3. The summed E-state index contributed by atoms with van der Waals surface area (Å²) in [5.41, 5.74) is 0.550. The minimum Gasteiger partial charge on any atom is -0.504 e. The molecule has 2 rings (SSSR count). The summed E-state index contributed by atoms with van der Waals surface area (Å²) in [7, 11) is 0. The molecule has 0 saturated heterocycles. The van der Waals surface area contributed by atoms with Gasteiger partial charge in [-0.3, -0.25) is 0 Å². The van der Waals surface area contributed by atoms with Gasteiger partial charge >= 0.3 is 0 Å². The molecule has 0 aliphatic carbocycles. The molecule has 0 bridgehead atoms. The predicted molar refractivity (Wildman–Crippen MR) is 50.8 cm³/mol. The number of hydrogen-bond donors (Lipinski definition) is 1. The molecule has 2 aromatic heterocycles. The van der Waals surface area contributed by atoms with E-state index in [2.05, 4.69) is 15.0 Å². The van der Waals surface area contributed by atoms with Gasteiger partial charge in [-0.25, -0.2) is 15.0 Å². The van der Waals surface area contributed by atoms with Crippen LogP contribution in [0.1, 0.15) is 0 Å². The summed E-state index contributed by atoms with van der Waals surface area (Å²) in [6, 6.07) is 0. The Morgan fingerprint density at radius 3 is 2.92 bits per heavy atom. The highest BCUT2D eigenvalue weighted by molar-refractivity contribution is 7.98. The molecule has 2 heterocycles. The quantitative estimate of drug-likeness (QED) is 0.695. The summed E-state index contributed by atoms with van der Waals surface area (Å²) in [6.45, 7) is 0. The van der Waals surface area contributed by atoms with Crippen molar-refractivity contribution in [3.05, 3.63) is 18.7 Å². The van der Waals surface area contributed by atoms with Crippen molar-refractivity contribution in [3.63, 3.8) is 0 Å². The Hall–Kier alpha value is -1.36. The van der Waals surface area contributed by atoms with Crippen molar-refractivity contribution in [2.24, 2.45) is 0 Å². The second-order valence-electron chi connectivity index (χ2n) is 2.44. The molecule has 5 heteroatoms. The Balaban J connectivity index is 2.84. The van der Waals surface area contributed by atoms with Crippen molar-refractivity contribution in [1.82, 2.24) is 15.0 Å². The zero-order valence-electron chi connectivity index (χ0n) is 6.93. The summed E-state index contributed by atoms with van der Waals surface area (Å²) < 4.78 is 0. The molecule has 1 N–H and O–H groups in total. The minimum absolute atomic E-state index is 0.0928. The molecule has 0 spiro atoms. The Morgan fingerprint density at radius 2 is 2.15 bits per heavy atom. The highest BCUT2D eigenvalue weighted by Crippen LogP contribution is 2.27. The third-order valence-corrected chi connectivity index (χ3v) is 2.39. The molecule has 0 fully saturated rings. The first-order valence-electron chi connectivity index (χ1n) is 3.64. The van der Waals surface area contributed by atoms with Gasteiger partial charge in [0.25, 0.3) is 0 Å². The van der Waals surface area contributed by atoms with Gasteiger partial charge in [-0.15, -0.1) is 11.8 Å². The molecule has 0 unspecified atom stereocenters. The highest BCUT2D eigenvalue weighted by Gasteiger charge is 2.06. The van der Waals surface area contributed by atoms with Gasteiger partial charge in [0.1, 0.15) is 16.9 Å². The molecule has 0 aromatic carbocycles. The van der Waals surface area contributed by atoms with Crippen LogP contribution in [0.3, 0.4) is 0 Å². The zero-order chi connectivity index (χ0) is 9.26. The van der Waals surface area contributed by atoms with Crippen molar-refractivity contribution in [2.45, 2.75) is 5.03 Å². The van der Waals surface area contributed by atoms with E-state index in [4.69, 9.17) is 0 Å². The topological polar surface area (TPSA) is 58.9 Å². The fraction of sp³-hybridized carbons (Fsp3) is 0.125. The summed E-state index contributed by atoms with van der Waals surface area (Å²) in [4.78, 5) is 11.9. The van der Waals surface area contributed by atoms with Crippen molar-refractivity contribution < 1.29 is 5.11 Å². The lowest BCUT2D eigenvalue weighted by molar-refractivity contribution is 0.477. The van der Waals surface area contributed by atoms with E-state index in [0.29, 0.717) is 5.52 Å². The fourth-order valence-electron chi connectivity index (χ4n) is 1.10. The van der Waals surface area contributed by atoms with Crippen molar-refractivity contribution in [1.29, 1.82) is 0 Å². The van der Waals surface area contributed by atoms with Gasteiger partial charge in [0.2, 0.25) is 0 Å². The van der Waals surface area contributed by atoms with Crippen molar-refractivity contribution >= 4 is 22.7 Å². The minimum atomic E-state index is 0.0928. The maximum atomic E-state index is 9.43. The third kappa shape index (κ3) is 1.31. The first kappa shape index (κ1) is 8.25. The molecule has 0 aliphatic rings. The van der Waals surface area contributed by atoms with E-state index in [9.17, 15) is 5.11 Å². The number of rotatable bonds is 1. The molecule has 66 valence electrons. The maximum Gasteiger partial charge on any atom is 0.160 e. The fourth-order valence-corrected chi connectivity index (χ4v) is 1.63. The number of pyridine rings is 1. The van der Waals surface area contributed by atoms with Gasteiger partial charge in [-0.1, -0.05) is 0 Å². The average Bonchev–Trinajstić information content (AvgIpc) is 2.19. The Kier molecular flexibility index (Phi) is 2.02. The molecule has 0 amide bonds. The van der Waals surface area contributed by atoms with Gasteiger partial charge in [0.15, 0.2) is 5.75 Å². The van der Waals surface area contributed by atoms with Crippen LogP contribution in [0.25, 0.3) is 10.9 Å². The monoisotopic (exact) mass is 193 g/mol. The molecule has 0 atom stereocenters. The van der Waals surface area contributed by atoms with E-state index >= 15 is 0 Å². The van der Waals surface area contributed by atoms with Gasteiger partial charge in [-0.05, 0) is 6.26 Å². The number of aromatic hydroxyl groups is 1. The van der Waals surface area contributed by atoms with Crippen LogP contribution >= 0.6 is 11.8 Å². The van der Waals surface area contributed by atoms with Crippen LogP contribution in [-0.4, -0.2) is 26.3 Å². The van der Waals surface area contributed by atoms with E-state index in [0.717, 1.165) is 10.4 Å². The number of thioether (sulfide) groups is 1. The Bertz CT molecular complexity index is 446. The van der Waals surface area contributed by atoms with E-state index in [1.807, 2.05) is 6.26 Å². The zero-order valence-corrected chi connectivity index (χ0v) is 7.75. The molecule has 13 heavy (non-hydrogen) atoms. The highest BCUT2D eigenvalue weighted by atomic mass is 32.2. The summed E-state index contributed by atoms with van der Waals surface area (Å²) in [5.74, 6) is 0.0928. The lowest BCUT2D eigenvalue weighted by Gasteiger charge is -2.01. The summed E-state index contributed by atoms with van der Waals surface area (Å²) >= 11 is 1.50. The molecular weight excluding hydrogens is 186 g/mol. The molecule has 2 aromatic rings. The number of hydrogen-bond acceptors (Lipinski definition) is 5. The largest absolute Gasteiger partial charge is 0.504 e. The number of fused-ring (bicyclic) bond motifs is 1. The summed E-state index contributed by atoms with van der Waals surface area (Å²) in [6.07, 6.45) is 6.39. The third-order valence-electron chi connectivity index (χ3n) is 1.68. The van der Waals surface area contributed by atoms with Gasteiger partial charge in [-0.2, -0.15) is 0 Å². The molecule has 0 aliphatic heterocycles. The van der Waals surface area contributed by atoms with Crippen LogP contribution in [0.4, 0.5) is 0 Å². The van der Waals surface area contributed by atoms with E-state index in [1.165, 1.54) is 24.3 Å². The predicted octanol–water partition coefficient (Wildman–Crippen LogP) is 1.45. The van der Waals surface area contributed by atoms with E-state index < -0.39 is 0 Å². The Morgan fingerprint density at radius 1 is 1.31 bits per heavy atom. The maximum absolute atomic E-state index is 9.43. The molecular formula is C8H7N3OS. The van der Waals surface area contributed by atoms with Crippen LogP contribution in [0.2, 0.25) is 0 Å². The second kappa shape index (κ2) is 3.18. The van der Waals surface area contributed by atoms with Crippen LogP contribution in [0, 0.1) is 0 Å². The van der Waals surface area contributed by atoms with Crippen LogP contribution < -0.4 is 0 Å². The normalized spacial score (nSPS) is 10.5. The van der Waals surface area contributed by atoms with Crippen molar-refractivity contribution in [2.75, 3.05) is 6.26 Å². The van der Waals surface area contributed by atoms with Gasteiger partial charge < -0.3 is 5.11 Å². The first-order valence-corrected chi connectivity index (χ1v) is 4.87. The SMILES string of the molecule is CSc1ncc(O)c2ncncc12. The molecule has 0 saturated carbocycles. The van der Waals surface area contributed by atoms with Gasteiger partial charge in [0, 0.05) is 6.20 Å². The number of aromatic nitrogens is 3. The van der Waals surface area contributed by atoms with E-state index in [1.54, 1.807) is 6.20 Å². The van der Waals surface area contributed by atoms with Gasteiger partial charge in [0.05, 0.1) is 11.6 Å². The van der Waals surface area contributed by atoms with E-state index in [-0.39, 0.29) is 5.75 Å². The smallest absolute Gasteiger partial charge is 0.160 e. The van der Waals surface area contributed by atoms with Crippen molar-refractivity contribution in [3.8, 4) is 5.75 Å². The second-order valence-corrected chi connectivity index (χ2v) is 3.23. The molecule has 4 nitrogen and oxygen atoms in total.